The minimum absolute atomic E-state index is 0.0945. The molecule has 28 heavy (non-hydrogen) atoms. The molecule has 0 saturated carbocycles. The zero-order valence-corrected chi connectivity index (χ0v) is 17.4. The molecule has 0 radical (unpaired) electrons. The third-order valence-corrected chi connectivity index (χ3v) is 4.13. The SMILES string of the molecule is COC(=O)C1=C(C(=O)OC(C)(C)C)N2C(=O)[C@@H](NC(=O)OC(C)(C)C)[C@@H]2CC1. The van der Waals surface area contributed by atoms with Crippen LogP contribution in [0.1, 0.15) is 54.4 Å². The average molecular weight is 396 g/mol. The molecule has 2 amide bonds. The van der Waals surface area contributed by atoms with Crippen LogP contribution in [0.4, 0.5) is 4.79 Å². The van der Waals surface area contributed by atoms with Crippen LogP contribution < -0.4 is 5.32 Å². The van der Waals surface area contributed by atoms with Gasteiger partial charge in [0, 0.05) is 0 Å². The second kappa shape index (κ2) is 7.44. The van der Waals surface area contributed by atoms with E-state index in [1.165, 1.54) is 12.0 Å². The first kappa shape index (κ1) is 21.7. The van der Waals surface area contributed by atoms with E-state index in [0.717, 1.165) is 0 Å². The number of rotatable bonds is 3. The van der Waals surface area contributed by atoms with Crippen LogP contribution in [0.5, 0.6) is 0 Å². The monoisotopic (exact) mass is 396 g/mol. The Bertz CT molecular complexity index is 728. The zero-order valence-electron chi connectivity index (χ0n) is 17.4. The van der Waals surface area contributed by atoms with Gasteiger partial charge in [0.1, 0.15) is 22.9 Å². The number of amides is 2. The molecule has 156 valence electrons. The van der Waals surface area contributed by atoms with E-state index in [2.05, 4.69) is 5.32 Å². The van der Waals surface area contributed by atoms with Gasteiger partial charge in [-0.3, -0.25) is 9.69 Å². The first-order valence-electron chi connectivity index (χ1n) is 9.12. The number of esters is 2. The van der Waals surface area contributed by atoms with Gasteiger partial charge in [-0.2, -0.15) is 0 Å². The van der Waals surface area contributed by atoms with E-state index in [1.54, 1.807) is 41.5 Å². The van der Waals surface area contributed by atoms with E-state index in [-0.39, 0.29) is 17.7 Å². The Morgan fingerprint density at radius 2 is 1.57 bits per heavy atom. The van der Waals surface area contributed by atoms with Gasteiger partial charge in [0.2, 0.25) is 0 Å². The van der Waals surface area contributed by atoms with Crippen molar-refractivity contribution in [2.75, 3.05) is 7.11 Å². The van der Waals surface area contributed by atoms with Gasteiger partial charge < -0.3 is 19.5 Å². The molecular weight excluding hydrogens is 368 g/mol. The van der Waals surface area contributed by atoms with Crippen LogP contribution in [-0.4, -0.2) is 59.2 Å². The van der Waals surface area contributed by atoms with Crippen LogP contribution in [-0.2, 0) is 28.6 Å². The summed E-state index contributed by atoms with van der Waals surface area (Å²) in [7, 11) is 1.21. The minimum Gasteiger partial charge on any atom is -0.466 e. The fraction of sp³-hybridized carbons (Fsp3) is 0.684. The maximum atomic E-state index is 12.7. The van der Waals surface area contributed by atoms with Crippen molar-refractivity contribution < 1.29 is 33.4 Å². The Hall–Kier alpha value is -2.58. The summed E-state index contributed by atoms with van der Waals surface area (Å²) in [6.07, 6.45) is -0.0995. The molecule has 9 nitrogen and oxygen atoms in total. The van der Waals surface area contributed by atoms with Crippen molar-refractivity contribution in [2.24, 2.45) is 0 Å². The lowest BCUT2D eigenvalue weighted by molar-refractivity contribution is -0.162. The Kier molecular flexibility index (Phi) is 5.77. The highest BCUT2D eigenvalue weighted by atomic mass is 16.6. The zero-order chi connectivity index (χ0) is 21.4. The van der Waals surface area contributed by atoms with Crippen molar-refractivity contribution in [3.63, 3.8) is 0 Å². The van der Waals surface area contributed by atoms with Gasteiger partial charge in [-0.1, -0.05) is 0 Å². The van der Waals surface area contributed by atoms with Gasteiger partial charge in [-0.05, 0) is 54.4 Å². The molecule has 0 spiro atoms. The molecular formula is C19H28N2O7. The van der Waals surface area contributed by atoms with Crippen LogP contribution in [0.25, 0.3) is 0 Å². The summed E-state index contributed by atoms with van der Waals surface area (Å²) in [5.74, 6) is -1.96. The molecule has 2 atom stereocenters. The predicted octanol–water partition coefficient (Wildman–Crippen LogP) is 1.65. The van der Waals surface area contributed by atoms with Crippen molar-refractivity contribution >= 4 is 23.9 Å². The van der Waals surface area contributed by atoms with Gasteiger partial charge in [-0.15, -0.1) is 0 Å². The topological polar surface area (TPSA) is 111 Å². The van der Waals surface area contributed by atoms with Gasteiger partial charge in [0.25, 0.3) is 5.91 Å². The highest BCUT2D eigenvalue weighted by Gasteiger charge is 2.55. The van der Waals surface area contributed by atoms with Gasteiger partial charge in [0.15, 0.2) is 0 Å². The summed E-state index contributed by atoms with van der Waals surface area (Å²) in [6.45, 7) is 10.2. The molecule has 0 aromatic carbocycles. The number of fused-ring (bicyclic) bond motifs is 1. The van der Waals surface area contributed by atoms with Crippen LogP contribution in [0.15, 0.2) is 11.3 Å². The number of hydrogen-bond donors (Lipinski definition) is 1. The Labute approximate surface area is 164 Å². The van der Waals surface area contributed by atoms with Crippen LogP contribution in [0.3, 0.4) is 0 Å². The average Bonchev–Trinajstić information content (AvgIpc) is 2.54. The molecule has 2 aliphatic rings. The lowest BCUT2D eigenvalue weighted by Crippen LogP contribution is -2.72. The van der Waals surface area contributed by atoms with Crippen molar-refractivity contribution in [1.82, 2.24) is 10.2 Å². The summed E-state index contributed by atoms with van der Waals surface area (Å²) in [6, 6.07) is -1.29. The van der Waals surface area contributed by atoms with Crippen molar-refractivity contribution in [3.8, 4) is 0 Å². The van der Waals surface area contributed by atoms with Crippen molar-refractivity contribution in [2.45, 2.75) is 77.7 Å². The Balaban J connectivity index is 2.26. The third kappa shape index (κ3) is 4.63. The molecule has 2 aliphatic heterocycles. The third-order valence-electron chi connectivity index (χ3n) is 4.13. The Morgan fingerprint density at radius 3 is 2.07 bits per heavy atom. The van der Waals surface area contributed by atoms with E-state index >= 15 is 0 Å². The van der Waals surface area contributed by atoms with Crippen molar-refractivity contribution in [1.29, 1.82) is 0 Å². The van der Waals surface area contributed by atoms with E-state index < -0.39 is 47.2 Å². The molecule has 0 aromatic rings. The van der Waals surface area contributed by atoms with Gasteiger partial charge in [-0.25, -0.2) is 14.4 Å². The Morgan fingerprint density at radius 1 is 1.00 bits per heavy atom. The minimum atomic E-state index is -0.827. The van der Waals surface area contributed by atoms with Crippen molar-refractivity contribution in [3.05, 3.63) is 11.3 Å². The number of nitrogens with zero attached hydrogens (tertiary/aromatic N) is 1. The summed E-state index contributed by atoms with van der Waals surface area (Å²) in [5.41, 5.74) is -1.54. The molecule has 1 N–H and O–H groups in total. The number of β-lactam (4-membered cyclic amide) rings is 1. The smallest absolute Gasteiger partial charge is 0.408 e. The van der Waals surface area contributed by atoms with Gasteiger partial charge in [0.05, 0.1) is 18.7 Å². The number of carbonyl (C=O) groups is 4. The quantitative estimate of drug-likeness (QED) is 0.439. The van der Waals surface area contributed by atoms with Gasteiger partial charge >= 0.3 is 18.0 Å². The fourth-order valence-electron chi connectivity index (χ4n) is 3.13. The number of methoxy groups -OCH3 is 1. The van der Waals surface area contributed by atoms with E-state index in [1.807, 2.05) is 0 Å². The largest absolute Gasteiger partial charge is 0.466 e. The molecule has 0 bridgehead atoms. The van der Waals surface area contributed by atoms with Crippen LogP contribution in [0, 0.1) is 0 Å². The number of nitrogens with one attached hydrogen (secondary N) is 1. The molecule has 2 rings (SSSR count). The number of ether oxygens (including phenoxy) is 3. The predicted molar refractivity (Wildman–Crippen MR) is 97.9 cm³/mol. The van der Waals surface area contributed by atoms with Crippen LogP contribution >= 0.6 is 0 Å². The molecule has 0 aliphatic carbocycles. The maximum Gasteiger partial charge on any atom is 0.408 e. The molecule has 1 fully saturated rings. The molecule has 9 heteroatoms. The summed E-state index contributed by atoms with van der Waals surface area (Å²) in [5, 5.41) is 2.54. The highest BCUT2D eigenvalue weighted by Crippen LogP contribution is 2.38. The fourth-order valence-corrected chi connectivity index (χ4v) is 3.13. The standard InChI is InChI=1S/C19H28N2O7/c1-18(2,3)27-16(24)13-10(15(23)26-7)8-9-11-12(14(22)21(11)13)20-17(25)28-19(4,5)6/h11-12H,8-9H2,1-7H3,(H,20,25)/t11-,12-/m0/s1. The highest BCUT2D eigenvalue weighted by molar-refractivity contribution is 6.07. The lowest BCUT2D eigenvalue weighted by atomic mass is 9.83. The molecule has 0 unspecified atom stereocenters. The second-order valence-corrected chi connectivity index (χ2v) is 8.76. The first-order chi connectivity index (χ1) is 12.7. The second-order valence-electron chi connectivity index (χ2n) is 8.76. The first-order valence-corrected chi connectivity index (χ1v) is 9.12. The van der Waals surface area contributed by atoms with Crippen LogP contribution in [0.2, 0.25) is 0 Å². The molecule has 0 aromatic heterocycles. The van der Waals surface area contributed by atoms with E-state index in [4.69, 9.17) is 14.2 Å². The van der Waals surface area contributed by atoms with E-state index in [0.29, 0.717) is 6.42 Å². The summed E-state index contributed by atoms with van der Waals surface area (Å²) in [4.78, 5) is 50.8. The summed E-state index contributed by atoms with van der Waals surface area (Å²) < 4.78 is 15.3. The molecule has 2 heterocycles. The van der Waals surface area contributed by atoms with E-state index in [9.17, 15) is 19.2 Å². The lowest BCUT2D eigenvalue weighted by Gasteiger charge is -2.50. The maximum absolute atomic E-state index is 12.7. The number of alkyl carbamates (subject to hydrolysis) is 1. The molecule has 1 saturated heterocycles. The number of carbonyl (C=O) groups excluding carboxylic acids is 4. The number of hydrogen-bond acceptors (Lipinski definition) is 7. The normalized spacial score (nSPS) is 22.1. The summed E-state index contributed by atoms with van der Waals surface area (Å²) >= 11 is 0.